The standard InChI is InChI=1S/C22H24FN3O4S/c23-19-5-1-2-6-20(19)31(29,30)25-15-13-24(14-16-25)22(28)17-8-10-18(11-9-17)26-12-4-3-7-21(26)27/h1-2,5-6,8-11H,3-4,7,12-16H2. The Bertz CT molecular complexity index is 1080. The van der Waals surface area contributed by atoms with E-state index in [4.69, 9.17) is 0 Å². The molecule has 9 heteroatoms. The summed E-state index contributed by atoms with van der Waals surface area (Å²) in [4.78, 5) is 27.9. The molecule has 2 saturated heterocycles. The third kappa shape index (κ3) is 4.33. The number of amides is 2. The van der Waals surface area contributed by atoms with Crippen molar-refractivity contribution in [2.75, 3.05) is 37.6 Å². The zero-order chi connectivity index (χ0) is 22.0. The van der Waals surface area contributed by atoms with Crippen LogP contribution in [0.3, 0.4) is 0 Å². The fourth-order valence-electron chi connectivity index (χ4n) is 3.97. The SMILES string of the molecule is O=C(c1ccc(N2CCCCC2=O)cc1)N1CCN(S(=O)(=O)c2ccccc2F)CC1. The summed E-state index contributed by atoms with van der Waals surface area (Å²) in [5.41, 5.74) is 1.26. The number of sulfonamides is 1. The molecular formula is C22H24FN3O4S. The molecule has 164 valence electrons. The molecule has 0 aliphatic carbocycles. The van der Waals surface area contributed by atoms with Gasteiger partial charge in [0.1, 0.15) is 10.7 Å². The number of benzene rings is 2. The lowest BCUT2D eigenvalue weighted by atomic mass is 10.1. The van der Waals surface area contributed by atoms with Gasteiger partial charge in [-0.3, -0.25) is 9.59 Å². The van der Waals surface area contributed by atoms with Gasteiger partial charge < -0.3 is 9.80 Å². The molecule has 2 aromatic carbocycles. The Morgan fingerprint density at radius 1 is 0.871 bits per heavy atom. The molecule has 31 heavy (non-hydrogen) atoms. The van der Waals surface area contributed by atoms with E-state index in [0.29, 0.717) is 18.5 Å². The molecule has 0 spiro atoms. The molecule has 0 atom stereocenters. The van der Waals surface area contributed by atoms with Gasteiger partial charge in [-0.25, -0.2) is 12.8 Å². The van der Waals surface area contributed by atoms with Gasteiger partial charge >= 0.3 is 0 Å². The highest BCUT2D eigenvalue weighted by Crippen LogP contribution is 2.23. The van der Waals surface area contributed by atoms with Gasteiger partial charge in [-0.2, -0.15) is 4.31 Å². The number of hydrogen-bond acceptors (Lipinski definition) is 4. The molecule has 0 radical (unpaired) electrons. The monoisotopic (exact) mass is 445 g/mol. The third-order valence-corrected chi connectivity index (χ3v) is 7.66. The van der Waals surface area contributed by atoms with Crippen LogP contribution in [0.15, 0.2) is 53.4 Å². The Morgan fingerprint density at radius 2 is 1.55 bits per heavy atom. The minimum atomic E-state index is -3.95. The van der Waals surface area contributed by atoms with Gasteiger partial charge in [-0.05, 0) is 49.2 Å². The number of carbonyl (C=O) groups is 2. The fourth-order valence-corrected chi connectivity index (χ4v) is 5.46. The average molecular weight is 446 g/mol. The molecule has 0 N–H and O–H groups in total. The molecular weight excluding hydrogens is 421 g/mol. The zero-order valence-electron chi connectivity index (χ0n) is 17.0. The van der Waals surface area contributed by atoms with E-state index in [-0.39, 0.29) is 42.9 Å². The first-order valence-corrected chi connectivity index (χ1v) is 11.8. The highest BCUT2D eigenvalue weighted by molar-refractivity contribution is 7.89. The Kier molecular flexibility index (Phi) is 6.06. The van der Waals surface area contributed by atoms with Crippen LogP contribution in [0.2, 0.25) is 0 Å². The Morgan fingerprint density at radius 3 is 2.19 bits per heavy atom. The fraction of sp³-hybridized carbons (Fsp3) is 0.364. The minimum absolute atomic E-state index is 0.0949. The molecule has 2 aromatic rings. The van der Waals surface area contributed by atoms with Gasteiger partial charge in [0.25, 0.3) is 5.91 Å². The van der Waals surface area contributed by atoms with Crippen LogP contribution in [0.25, 0.3) is 0 Å². The van der Waals surface area contributed by atoms with Gasteiger partial charge in [0, 0.05) is 50.4 Å². The average Bonchev–Trinajstić information content (AvgIpc) is 2.79. The number of hydrogen-bond donors (Lipinski definition) is 0. The van der Waals surface area contributed by atoms with E-state index < -0.39 is 15.8 Å². The lowest BCUT2D eigenvalue weighted by Gasteiger charge is -2.34. The third-order valence-electron chi connectivity index (χ3n) is 5.73. The van der Waals surface area contributed by atoms with Gasteiger partial charge in [0.2, 0.25) is 15.9 Å². The number of nitrogens with zero attached hydrogens (tertiary/aromatic N) is 3. The van der Waals surface area contributed by atoms with Crippen LogP contribution >= 0.6 is 0 Å². The number of halogens is 1. The summed E-state index contributed by atoms with van der Waals surface area (Å²) in [6.45, 7) is 1.33. The second-order valence-corrected chi connectivity index (χ2v) is 9.58. The molecule has 0 bridgehead atoms. The maximum Gasteiger partial charge on any atom is 0.253 e. The summed E-state index contributed by atoms with van der Waals surface area (Å²) in [6.07, 6.45) is 2.41. The first-order chi connectivity index (χ1) is 14.9. The summed E-state index contributed by atoms with van der Waals surface area (Å²) in [5, 5.41) is 0. The minimum Gasteiger partial charge on any atom is -0.336 e. The van der Waals surface area contributed by atoms with E-state index in [0.717, 1.165) is 24.6 Å². The number of carbonyl (C=O) groups excluding carboxylic acids is 2. The molecule has 2 fully saturated rings. The summed E-state index contributed by atoms with van der Waals surface area (Å²) in [5.74, 6) is -0.884. The van der Waals surface area contributed by atoms with E-state index >= 15 is 0 Å². The molecule has 0 unspecified atom stereocenters. The molecule has 2 heterocycles. The summed E-state index contributed by atoms with van der Waals surface area (Å²) in [7, 11) is -3.95. The van der Waals surface area contributed by atoms with Crippen molar-refractivity contribution in [1.29, 1.82) is 0 Å². The van der Waals surface area contributed by atoms with E-state index in [1.54, 1.807) is 34.1 Å². The lowest BCUT2D eigenvalue weighted by molar-refractivity contribution is -0.119. The highest BCUT2D eigenvalue weighted by Gasteiger charge is 2.32. The van der Waals surface area contributed by atoms with Crippen molar-refractivity contribution in [3.63, 3.8) is 0 Å². The molecule has 2 aliphatic rings. The first kappa shape index (κ1) is 21.5. The van der Waals surface area contributed by atoms with Crippen LogP contribution in [0.4, 0.5) is 10.1 Å². The molecule has 0 saturated carbocycles. The second kappa shape index (κ2) is 8.76. The molecule has 4 rings (SSSR count). The van der Waals surface area contributed by atoms with Crippen molar-refractivity contribution in [3.05, 3.63) is 59.9 Å². The first-order valence-electron chi connectivity index (χ1n) is 10.3. The van der Waals surface area contributed by atoms with Gasteiger partial charge in [0.15, 0.2) is 0 Å². The Labute approximate surface area is 181 Å². The number of piperidine rings is 1. The van der Waals surface area contributed by atoms with Crippen LogP contribution in [0.5, 0.6) is 0 Å². The van der Waals surface area contributed by atoms with Crippen molar-refractivity contribution in [2.24, 2.45) is 0 Å². The number of rotatable bonds is 4. The van der Waals surface area contributed by atoms with E-state index in [2.05, 4.69) is 0 Å². The van der Waals surface area contributed by atoms with Crippen LogP contribution < -0.4 is 4.90 Å². The van der Waals surface area contributed by atoms with Crippen molar-refractivity contribution in [3.8, 4) is 0 Å². The summed E-state index contributed by atoms with van der Waals surface area (Å²) in [6, 6.07) is 12.2. The van der Waals surface area contributed by atoms with Crippen LogP contribution in [-0.2, 0) is 14.8 Å². The van der Waals surface area contributed by atoms with Crippen molar-refractivity contribution in [1.82, 2.24) is 9.21 Å². The number of anilines is 1. The van der Waals surface area contributed by atoms with Crippen molar-refractivity contribution >= 4 is 27.5 Å². The van der Waals surface area contributed by atoms with E-state index in [1.807, 2.05) is 0 Å². The topological polar surface area (TPSA) is 78.0 Å². The highest BCUT2D eigenvalue weighted by atomic mass is 32.2. The maximum absolute atomic E-state index is 14.0. The van der Waals surface area contributed by atoms with Crippen LogP contribution in [0.1, 0.15) is 29.6 Å². The molecule has 7 nitrogen and oxygen atoms in total. The van der Waals surface area contributed by atoms with Crippen molar-refractivity contribution < 1.29 is 22.4 Å². The Balaban J connectivity index is 1.40. The van der Waals surface area contributed by atoms with Crippen molar-refractivity contribution in [2.45, 2.75) is 24.2 Å². The molecule has 0 aromatic heterocycles. The predicted molar refractivity (Wildman–Crippen MR) is 114 cm³/mol. The number of piperazine rings is 1. The largest absolute Gasteiger partial charge is 0.336 e. The smallest absolute Gasteiger partial charge is 0.253 e. The maximum atomic E-state index is 14.0. The van der Waals surface area contributed by atoms with E-state index in [1.165, 1.54) is 22.5 Å². The van der Waals surface area contributed by atoms with E-state index in [9.17, 15) is 22.4 Å². The summed E-state index contributed by atoms with van der Waals surface area (Å²) >= 11 is 0. The Hall–Kier alpha value is -2.78. The van der Waals surface area contributed by atoms with Crippen LogP contribution in [0, 0.1) is 5.82 Å². The molecule has 2 amide bonds. The second-order valence-electron chi connectivity index (χ2n) is 7.68. The van der Waals surface area contributed by atoms with Gasteiger partial charge in [-0.15, -0.1) is 0 Å². The van der Waals surface area contributed by atoms with Gasteiger partial charge in [0.05, 0.1) is 0 Å². The molecule has 2 aliphatic heterocycles. The van der Waals surface area contributed by atoms with Crippen LogP contribution in [-0.4, -0.2) is 62.2 Å². The zero-order valence-corrected chi connectivity index (χ0v) is 17.9. The normalized spacial score (nSPS) is 18.3. The van der Waals surface area contributed by atoms with Gasteiger partial charge in [-0.1, -0.05) is 12.1 Å². The predicted octanol–water partition coefficient (Wildman–Crippen LogP) is 2.49. The lowest BCUT2D eigenvalue weighted by Crippen LogP contribution is -2.50. The summed E-state index contributed by atoms with van der Waals surface area (Å²) < 4.78 is 40.6. The quantitative estimate of drug-likeness (QED) is 0.725.